The minimum absolute atomic E-state index is 0.0655. The van der Waals surface area contributed by atoms with E-state index in [1.165, 1.54) is 38.8 Å². The van der Waals surface area contributed by atoms with Crippen molar-refractivity contribution in [3.05, 3.63) is 35.6 Å². The van der Waals surface area contributed by atoms with Crippen LogP contribution in [0, 0.1) is 12.8 Å². The number of fused-ring (bicyclic) bond motifs is 3. The molecule has 4 nitrogen and oxygen atoms in total. The van der Waals surface area contributed by atoms with Gasteiger partial charge in [0.2, 0.25) is 0 Å². The second kappa shape index (κ2) is 4.60. The van der Waals surface area contributed by atoms with E-state index in [1.807, 2.05) is 31.2 Å². The summed E-state index contributed by atoms with van der Waals surface area (Å²) in [5.74, 6) is 1.61. The molecule has 1 atom stereocenters. The topological polar surface area (TPSA) is 45.5 Å². The molecule has 2 aromatic rings. The molecule has 1 saturated carbocycles. The average molecular weight is 310 g/mol. The fourth-order valence-electron chi connectivity index (χ4n) is 4.86. The van der Waals surface area contributed by atoms with Gasteiger partial charge in [-0.2, -0.15) is 0 Å². The average Bonchev–Trinajstić information content (AvgIpc) is 3.24. The van der Waals surface area contributed by atoms with Gasteiger partial charge in [-0.1, -0.05) is 0 Å². The van der Waals surface area contributed by atoms with Gasteiger partial charge in [0.1, 0.15) is 11.3 Å². The Bertz CT molecular complexity index is 782. The van der Waals surface area contributed by atoms with Crippen molar-refractivity contribution in [1.29, 1.82) is 0 Å². The summed E-state index contributed by atoms with van der Waals surface area (Å²) in [5, 5.41) is 4.38. The number of piperidine rings is 3. The summed E-state index contributed by atoms with van der Waals surface area (Å²) in [5.41, 5.74) is 1.87. The van der Waals surface area contributed by atoms with E-state index in [1.54, 1.807) is 0 Å². The van der Waals surface area contributed by atoms with Crippen molar-refractivity contribution >= 4 is 16.9 Å². The maximum Gasteiger partial charge on any atom is 0.251 e. The second-order valence-corrected chi connectivity index (χ2v) is 7.49. The van der Waals surface area contributed by atoms with Gasteiger partial charge in [-0.15, -0.1) is 0 Å². The molecule has 1 aromatic carbocycles. The number of benzene rings is 1. The standard InChI is InChI=1S/C19H22N2O2/c1-12-10-15-11-14(2-3-16(15)23-12)18(22)20-17-13-4-8-21(9-5-13)19(17)6-7-19/h2-3,10-11,13,17H,4-9H2,1H3,(H,20,22)/t17-/m0/s1. The molecule has 1 aliphatic carbocycles. The van der Waals surface area contributed by atoms with Crippen LogP contribution in [0.25, 0.3) is 11.0 Å². The van der Waals surface area contributed by atoms with Crippen molar-refractivity contribution in [2.45, 2.75) is 44.2 Å². The fraction of sp³-hybridized carbons (Fsp3) is 0.526. The van der Waals surface area contributed by atoms with Crippen molar-refractivity contribution in [2.24, 2.45) is 5.92 Å². The molecule has 1 amide bonds. The number of aryl methyl sites for hydroxylation is 1. The molecule has 3 aliphatic heterocycles. The van der Waals surface area contributed by atoms with E-state index in [0.717, 1.165) is 22.3 Å². The highest BCUT2D eigenvalue weighted by molar-refractivity contribution is 5.98. The molecule has 0 radical (unpaired) electrons. The minimum atomic E-state index is 0.0655. The highest BCUT2D eigenvalue weighted by atomic mass is 16.3. The lowest BCUT2D eigenvalue weighted by Gasteiger charge is -2.52. The molecule has 2 bridgehead atoms. The van der Waals surface area contributed by atoms with Crippen LogP contribution in [0.4, 0.5) is 0 Å². The smallest absolute Gasteiger partial charge is 0.251 e. The first-order valence-corrected chi connectivity index (χ1v) is 8.72. The van der Waals surface area contributed by atoms with Crippen LogP contribution in [0.15, 0.2) is 28.7 Å². The van der Waals surface area contributed by atoms with Crippen LogP contribution >= 0.6 is 0 Å². The number of amides is 1. The van der Waals surface area contributed by atoms with Crippen molar-refractivity contribution in [3.63, 3.8) is 0 Å². The monoisotopic (exact) mass is 310 g/mol. The quantitative estimate of drug-likeness (QED) is 0.927. The Morgan fingerprint density at radius 3 is 2.78 bits per heavy atom. The number of hydrogen-bond donors (Lipinski definition) is 1. The Morgan fingerprint density at radius 1 is 1.26 bits per heavy atom. The molecule has 0 unspecified atom stereocenters. The number of rotatable bonds is 2. The third-order valence-electron chi connectivity index (χ3n) is 6.17. The molecule has 120 valence electrons. The van der Waals surface area contributed by atoms with Crippen LogP contribution in [-0.2, 0) is 0 Å². The largest absolute Gasteiger partial charge is 0.461 e. The molecule has 4 heterocycles. The summed E-state index contributed by atoms with van der Waals surface area (Å²) in [6.45, 7) is 4.37. The lowest BCUT2D eigenvalue weighted by atomic mass is 9.77. The fourth-order valence-corrected chi connectivity index (χ4v) is 4.86. The summed E-state index contributed by atoms with van der Waals surface area (Å²) in [4.78, 5) is 15.4. The third-order valence-corrected chi connectivity index (χ3v) is 6.17. The first-order chi connectivity index (χ1) is 11.2. The van der Waals surface area contributed by atoms with Crippen molar-refractivity contribution in [3.8, 4) is 0 Å². The zero-order chi connectivity index (χ0) is 15.6. The van der Waals surface area contributed by atoms with Crippen LogP contribution in [0.3, 0.4) is 0 Å². The van der Waals surface area contributed by atoms with Crippen molar-refractivity contribution in [1.82, 2.24) is 10.2 Å². The molecule has 4 aliphatic rings. The Balaban J connectivity index is 1.42. The molecular weight excluding hydrogens is 288 g/mol. The van der Waals surface area contributed by atoms with Crippen LogP contribution < -0.4 is 5.32 Å². The summed E-state index contributed by atoms with van der Waals surface area (Å²) in [6, 6.07) is 8.05. The maximum absolute atomic E-state index is 12.8. The second-order valence-electron chi connectivity index (χ2n) is 7.49. The van der Waals surface area contributed by atoms with Gasteiger partial charge in [0.25, 0.3) is 5.91 Å². The number of carbonyl (C=O) groups is 1. The van der Waals surface area contributed by atoms with Crippen molar-refractivity contribution < 1.29 is 9.21 Å². The highest BCUT2D eigenvalue weighted by Crippen LogP contribution is 2.53. The molecule has 23 heavy (non-hydrogen) atoms. The Morgan fingerprint density at radius 2 is 2.04 bits per heavy atom. The number of hydrogen-bond acceptors (Lipinski definition) is 3. The minimum Gasteiger partial charge on any atom is -0.461 e. The predicted molar refractivity (Wildman–Crippen MR) is 88.5 cm³/mol. The van der Waals surface area contributed by atoms with Crippen LogP contribution in [0.1, 0.15) is 41.8 Å². The van der Waals surface area contributed by atoms with Crippen LogP contribution in [0.2, 0.25) is 0 Å². The van der Waals surface area contributed by atoms with E-state index in [2.05, 4.69) is 10.2 Å². The molecular formula is C19H22N2O2. The Kier molecular flexibility index (Phi) is 2.72. The molecule has 4 fully saturated rings. The van der Waals surface area contributed by atoms with E-state index in [-0.39, 0.29) is 11.4 Å². The van der Waals surface area contributed by atoms with Crippen LogP contribution in [-0.4, -0.2) is 35.5 Å². The normalized spacial score (nSPS) is 30.7. The molecule has 1 aromatic heterocycles. The van der Waals surface area contributed by atoms with Gasteiger partial charge in [-0.05, 0) is 75.9 Å². The summed E-state index contributed by atoms with van der Waals surface area (Å²) >= 11 is 0. The number of nitrogens with one attached hydrogen (secondary N) is 1. The molecule has 3 saturated heterocycles. The van der Waals surface area contributed by atoms with Gasteiger partial charge in [-0.25, -0.2) is 0 Å². The van der Waals surface area contributed by atoms with Gasteiger partial charge < -0.3 is 9.73 Å². The first-order valence-electron chi connectivity index (χ1n) is 8.72. The maximum atomic E-state index is 12.8. The van der Waals surface area contributed by atoms with Crippen LogP contribution in [0.5, 0.6) is 0 Å². The zero-order valence-corrected chi connectivity index (χ0v) is 13.5. The van der Waals surface area contributed by atoms with Gasteiger partial charge in [0.15, 0.2) is 0 Å². The first kappa shape index (κ1) is 13.6. The van der Waals surface area contributed by atoms with E-state index in [4.69, 9.17) is 4.42 Å². The van der Waals surface area contributed by atoms with Gasteiger partial charge >= 0.3 is 0 Å². The van der Waals surface area contributed by atoms with E-state index in [0.29, 0.717) is 12.0 Å². The van der Waals surface area contributed by atoms with Crippen molar-refractivity contribution in [2.75, 3.05) is 13.1 Å². The third kappa shape index (κ3) is 1.97. The summed E-state index contributed by atoms with van der Waals surface area (Å²) < 4.78 is 5.60. The van der Waals surface area contributed by atoms with Gasteiger partial charge in [0, 0.05) is 16.5 Å². The Labute approximate surface area is 135 Å². The SMILES string of the molecule is Cc1cc2cc(C(=O)N[C@H]3C4CCN(CC4)C34CC4)ccc2o1. The molecule has 6 rings (SSSR count). The van der Waals surface area contributed by atoms with Gasteiger partial charge in [-0.3, -0.25) is 9.69 Å². The lowest BCUT2D eigenvalue weighted by molar-refractivity contribution is -0.00144. The molecule has 4 heteroatoms. The molecule has 1 N–H and O–H groups in total. The number of carbonyl (C=O) groups excluding carboxylic acids is 1. The Hall–Kier alpha value is -1.81. The molecule has 1 spiro atoms. The number of furan rings is 1. The van der Waals surface area contributed by atoms with E-state index < -0.39 is 0 Å². The van der Waals surface area contributed by atoms with E-state index in [9.17, 15) is 4.79 Å². The van der Waals surface area contributed by atoms with Gasteiger partial charge in [0.05, 0.1) is 6.04 Å². The summed E-state index contributed by atoms with van der Waals surface area (Å²) in [7, 11) is 0. The lowest BCUT2D eigenvalue weighted by Crippen LogP contribution is -2.65. The van der Waals surface area contributed by atoms with E-state index >= 15 is 0 Å². The predicted octanol–water partition coefficient (Wildman–Crippen LogP) is 3.10. The highest BCUT2D eigenvalue weighted by Gasteiger charge is 2.60. The number of nitrogens with zero attached hydrogens (tertiary/aromatic N) is 1. The zero-order valence-electron chi connectivity index (χ0n) is 13.5. The summed E-state index contributed by atoms with van der Waals surface area (Å²) in [6.07, 6.45) is 4.95.